The number of hydrogen-bond acceptors (Lipinski definition) is 4. The number of nitrogens with one attached hydrogen (secondary N) is 1. The zero-order valence-corrected chi connectivity index (χ0v) is 16.9. The maximum Gasteiger partial charge on any atom is 0.240 e. The molecule has 1 fully saturated rings. The molecule has 1 aromatic rings. The fourth-order valence-electron chi connectivity index (χ4n) is 3.43. The highest BCUT2D eigenvalue weighted by Gasteiger charge is 2.22. The van der Waals surface area contributed by atoms with Gasteiger partial charge in [0.25, 0.3) is 0 Å². The molecule has 1 aliphatic rings. The molecule has 1 atom stereocenters. The molecule has 1 saturated heterocycles. The molecule has 6 nitrogen and oxygen atoms in total. The summed E-state index contributed by atoms with van der Waals surface area (Å²) in [4.78, 5) is 14.7. The Morgan fingerprint density at radius 3 is 2.73 bits per heavy atom. The van der Waals surface area contributed by atoms with Crippen molar-refractivity contribution in [2.75, 3.05) is 43.3 Å². The van der Waals surface area contributed by atoms with Gasteiger partial charge in [0, 0.05) is 13.1 Å². The summed E-state index contributed by atoms with van der Waals surface area (Å²) in [7, 11) is -3.53. The van der Waals surface area contributed by atoms with Crippen LogP contribution in [-0.2, 0) is 14.8 Å². The van der Waals surface area contributed by atoms with E-state index in [0.29, 0.717) is 12.2 Å². The Kier molecular flexibility index (Phi) is 7.46. The Morgan fingerprint density at radius 2 is 2.08 bits per heavy atom. The Balaban J connectivity index is 1.83. The highest BCUT2D eigenvalue weighted by Crippen LogP contribution is 2.21. The number of carbonyl (C=O) groups excluding carboxylic acids is 1. The quantitative estimate of drug-likeness (QED) is 0.699. The van der Waals surface area contributed by atoms with Crippen LogP contribution in [0, 0.1) is 12.8 Å². The van der Waals surface area contributed by atoms with Crippen LogP contribution in [0.5, 0.6) is 0 Å². The second-order valence-corrected chi connectivity index (χ2v) is 9.21. The zero-order chi connectivity index (χ0) is 19.2. The van der Waals surface area contributed by atoms with Gasteiger partial charge >= 0.3 is 0 Å². The van der Waals surface area contributed by atoms with E-state index in [1.165, 1.54) is 17.1 Å². The molecule has 26 heavy (non-hydrogen) atoms. The summed E-state index contributed by atoms with van der Waals surface area (Å²) in [5, 5.41) is 2.85. The number of sulfonamides is 1. The Bertz CT molecular complexity index is 706. The maximum atomic E-state index is 12.3. The van der Waals surface area contributed by atoms with Gasteiger partial charge in [-0.1, -0.05) is 25.1 Å². The molecular formula is C19H31N3O3S. The van der Waals surface area contributed by atoms with E-state index < -0.39 is 10.0 Å². The first-order valence-corrected chi connectivity index (χ1v) is 11.1. The third-order valence-electron chi connectivity index (χ3n) is 4.79. The van der Waals surface area contributed by atoms with Gasteiger partial charge in [-0.3, -0.25) is 9.10 Å². The number of carbonyl (C=O) groups is 1. The Labute approximate surface area is 157 Å². The lowest BCUT2D eigenvalue weighted by Gasteiger charge is -2.30. The van der Waals surface area contributed by atoms with Crippen LogP contribution in [0.1, 0.15) is 31.7 Å². The van der Waals surface area contributed by atoms with Crippen LogP contribution in [0.15, 0.2) is 24.3 Å². The number of anilines is 1. The molecule has 1 aliphatic heterocycles. The van der Waals surface area contributed by atoms with Crippen LogP contribution in [0.2, 0.25) is 0 Å². The second-order valence-electron chi connectivity index (χ2n) is 7.31. The first kappa shape index (κ1) is 20.7. The van der Waals surface area contributed by atoms with Crippen molar-refractivity contribution < 1.29 is 13.2 Å². The van der Waals surface area contributed by atoms with Crippen LogP contribution in [0.25, 0.3) is 0 Å². The minimum absolute atomic E-state index is 0.190. The van der Waals surface area contributed by atoms with Crippen molar-refractivity contribution in [2.45, 2.75) is 33.1 Å². The minimum atomic E-state index is -3.53. The first-order chi connectivity index (χ1) is 12.3. The number of aryl methyl sites for hydroxylation is 1. The summed E-state index contributed by atoms with van der Waals surface area (Å²) in [5.41, 5.74) is 1.37. The van der Waals surface area contributed by atoms with Crippen LogP contribution in [0.4, 0.5) is 5.69 Å². The average molecular weight is 382 g/mol. The number of rotatable bonds is 8. The van der Waals surface area contributed by atoms with Gasteiger partial charge in [0.1, 0.15) is 6.54 Å². The number of piperidine rings is 1. The number of likely N-dealkylation sites (tertiary alicyclic amines) is 1. The molecule has 0 aliphatic carbocycles. The van der Waals surface area contributed by atoms with Gasteiger partial charge in [-0.25, -0.2) is 8.42 Å². The third kappa shape index (κ3) is 6.29. The lowest BCUT2D eigenvalue weighted by Crippen LogP contribution is -2.41. The van der Waals surface area contributed by atoms with Gasteiger partial charge < -0.3 is 10.2 Å². The molecule has 7 heteroatoms. The number of amides is 1. The van der Waals surface area contributed by atoms with Crippen LogP contribution in [0.3, 0.4) is 0 Å². The third-order valence-corrected chi connectivity index (χ3v) is 5.91. The van der Waals surface area contributed by atoms with E-state index >= 15 is 0 Å². The summed E-state index contributed by atoms with van der Waals surface area (Å²) < 4.78 is 25.4. The topological polar surface area (TPSA) is 69.7 Å². The van der Waals surface area contributed by atoms with E-state index in [4.69, 9.17) is 0 Å². The molecule has 0 saturated carbocycles. The molecule has 1 heterocycles. The van der Waals surface area contributed by atoms with E-state index in [9.17, 15) is 13.2 Å². The van der Waals surface area contributed by atoms with Gasteiger partial charge in [0.15, 0.2) is 0 Å². The monoisotopic (exact) mass is 381 g/mol. The fraction of sp³-hybridized carbons (Fsp3) is 0.632. The lowest BCUT2D eigenvalue weighted by molar-refractivity contribution is -0.119. The summed E-state index contributed by atoms with van der Waals surface area (Å²) in [6.45, 7) is 7.72. The molecule has 1 amide bonds. The van der Waals surface area contributed by atoms with E-state index in [1.807, 2.05) is 19.1 Å². The molecule has 1 N–H and O–H groups in total. The molecule has 0 bridgehead atoms. The number of hydrogen-bond donors (Lipinski definition) is 1. The van der Waals surface area contributed by atoms with E-state index in [2.05, 4.69) is 17.1 Å². The van der Waals surface area contributed by atoms with Gasteiger partial charge in [-0.15, -0.1) is 0 Å². The molecule has 0 spiro atoms. The molecule has 2 rings (SSSR count). The Hall–Kier alpha value is -1.60. The predicted molar refractivity (Wildman–Crippen MR) is 106 cm³/mol. The van der Waals surface area contributed by atoms with Crippen molar-refractivity contribution in [1.29, 1.82) is 0 Å². The van der Waals surface area contributed by atoms with Crippen LogP contribution < -0.4 is 9.62 Å². The second kappa shape index (κ2) is 9.37. The van der Waals surface area contributed by atoms with Crippen molar-refractivity contribution in [3.05, 3.63) is 29.8 Å². The largest absolute Gasteiger partial charge is 0.354 e. The van der Waals surface area contributed by atoms with Crippen molar-refractivity contribution in [3.8, 4) is 0 Å². The number of benzene rings is 1. The molecular weight excluding hydrogens is 350 g/mol. The number of para-hydroxylation sites is 1. The highest BCUT2D eigenvalue weighted by atomic mass is 32.2. The summed E-state index contributed by atoms with van der Waals surface area (Å²) in [5.74, 6) is 0.474. The molecule has 0 aromatic heterocycles. The predicted octanol–water partition coefficient (Wildman–Crippen LogP) is 2.00. The molecule has 1 unspecified atom stereocenters. The molecule has 146 valence electrons. The lowest BCUT2D eigenvalue weighted by atomic mass is 10.0. The minimum Gasteiger partial charge on any atom is -0.354 e. The molecule has 1 aromatic carbocycles. The van der Waals surface area contributed by atoms with Gasteiger partial charge in [0.05, 0.1) is 11.9 Å². The smallest absolute Gasteiger partial charge is 0.240 e. The highest BCUT2D eigenvalue weighted by molar-refractivity contribution is 7.92. The summed E-state index contributed by atoms with van der Waals surface area (Å²) in [6, 6.07) is 7.19. The average Bonchev–Trinajstić information content (AvgIpc) is 2.56. The normalized spacial score (nSPS) is 18.5. The summed E-state index contributed by atoms with van der Waals surface area (Å²) >= 11 is 0. The van der Waals surface area contributed by atoms with Crippen molar-refractivity contribution in [2.24, 2.45) is 5.92 Å². The van der Waals surface area contributed by atoms with E-state index in [1.54, 1.807) is 12.1 Å². The van der Waals surface area contributed by atoms with Crippen molar-refractivity contribution >= 4 is 21.6 Å². The first-order valence-electron chi connectivity index (χ1n) is 9.30. The van der Waals surface area contributed by atoms with Crippen LogP contribution >= 0.6 is 0 Å². The Morgan fingerprint density at radius 1 is 1.35 bits per heavy atom. The maximum absolute atomic E-state index is 12.3. The van der Waals surface area contributed by atoms with Crippen molar-refractivity contribution in [1.82, 2.24) is 10.2 Å². The van der Waals surface area contributed by atoms with E-state index in [0.717, 1.165) is 43.8 Å². The molecule has 0 radical (unpaired) electrons. The van der Waals surface area contributed by atoms with Gasteiger partial charge in [-0.05, 0) is 56.8 Å². The zero-order valence-electron chi connectivity index (χ0n) is 16.1. The standard InChI is InChI=1S/C19H31N3O3S/c1-16-8-6-12-21(14-16)13-7-11-20-19(23)15-22(26(3,24)25)18-10-5-4-9-17(18)2/h4-5,9-10,16H,6-8,11-15H2,1-3H3,(H,20,23). The number of nitrogens with zero attached hydrogens (tertiary/aromatic N) is 2. The summed E-state index contributed by atoms with van der Waals surface area (Å²) in [6.07, 6.45) is 4.55. The van der Waals surface area contributed by atoms with Gasteiger partial charge in [0.2, 0.25) is 15.9 Å². The van der Waals surface area contributed by atoms with Crippen molar-refractivity contribution in [3.63, 3.8) is 0 Å². The SMILES string of the molecule is Cc1ccccc1N(CC(=O)NCCCN1CCCC(C)C1)S(C)(=O)=O. The fourth-order valence-corrected chi connectivity index (χ4v) is 4.34. The van der Waals surface area contributed by atoms with E-state index in [-0.39, 0.29) is 12.5 Å². The van der Waals surface area contributed by atoms with Crippen LogP contribution in [-0.4, -0.2) is 58.2 Å². The van der Waals surface area contributed by atoms with Gasteiger partial charge in [-0.2, -0.15) is 0 Å².